The van der Waals surface area contributed by atoms with Crippen LogP contribution in [0.3, 0.4) is 0 Å². The van der Waals surface area contributed by atoms with Crippen molar-refractivity contribution >= 4 is 38.9 Å². The Morgan fingerprint density at radius 3 is 2.63 bits per heavy atom. The van der Waals surface area contributed by atoms with Crippen LogP contribution in [0.1, 0.15) is 29.7 Å². The van der Waals surface area contributed by atoms with Crippen LogP contribution in [0.25, 0.3) is 0 Å². The van der Waals surface area contributed by atoms with Gasteiger partial charge in [0.25, 0.3) is 10.0 Å². The van der Waals surface area contributed by atoms with Gasteiger partial charge >= 0.3 is 0 Å². The van der Waals surface area contributed by atoms with Crippen LogP contribution in [-0.2, 0) is 27.8 Å². The molecule has 27 heavy (non-hydrogen) atoms. The summed E-state index contributed by atoms with van der Waals surface area (Å²) >= 11 is 7.17. The molecule has 0 aliphatic carbocycles. The molecule has 5 nitrogen and oxygen atoms in total. The highest BCUT2D eigenvalue weighted by atomic mass is 35.5. The predicted octanol–water partition coefficient (Wildman–Crippen LogP) is 3.78. The van der Waals surface area contributed by atoms with E-state index in [0.29, 0.717) is 28.9 Å². The Labute approximate surface area is 169 Å². The maximum Gasteiger partial charge on any atom is 0.252 e. The number of sulfonamides is 1. The lowest BCUT2D eigenvalue weighted by Crippen LogP contribution is -2.35. The van der Waals surface area contributed by atoms with Gasteiger partial charge < -0.3 is 4.90 Å². The zero-order valence-corrected chi connectivity index (χ0v) is 17.6. The molecule has 0 radical (unpaired) electrons. The summed E-state index contributed by atoms with van der Waals surface area (Å²) in [7, 11) is -1.70. The third kappa shape index (κ3) is 5.10. The molecule has 1 saturated heterocycles. The van der Waals surface area contributed by atoms with Gasteiger partial charge in [-0.15, -0.1) is 11.3 Å². The van der Waals surface area contributed by atoms with Gasteiger partial charge in [0.05, 0.1) is 6.42 Å². The molecule has 1 aromatic heterocycles. The van der Waals surface area contributed by atoms with Gasteiger partial charge in [-0.25, -0.2) is 8.42 Å². The molecule has 0 saturated carbocycles. The van der Waals surface area contributed by atoms with Crippen molar-refractivity contribution in [2.75, 3.05) is 20.1 Å². The smallest absolute Gasteiger partial charge is 0.252 e. The van der Waals surface area contributed by atoms with Crippen molar-refractivity contribution in [3.63, 3.8) is 0 Å². The number of piperidine rings is 1. The Bertz CT molecular complexity index is 905. The second-order valence-electron chi connectivity index (χ2n) is 6.74. The average Bonchev–Trinajstić information content (AvgIpc) is 3.12. The summed E-state index contributed by atoms with van der Waals surface area (Å²) < 4.78 is 27.3. The van der Waals surface area contributed by atoms with Crippen molar-refractivity contribution in [1.29, 1.82) is 0 Å². The van der Waals surface area contributed by atoms with Gasteiger partial charge in [0.2, 0.25) is 5.91 Å². The first kappa shape index (κ1) is 20.3. The van der Waals surface area contributed by atoms with Crippen molar-refractivity contribution in [3.8, 4) is 0 Å². The normalized spacial score (nSPS) is 15.6. The van der Waals surface area contributed by atoms with Crippen molar-refractivity contribution in [2.24, 2.45) is 0 Å². The molecule has 1 aliphatic rings. The molecule has 0 spiro atoms. The Kier molecular flexibility index (Phi) is 6.57. The minimum absolute atomic E-state index is 0.0567. The monoisotopic (exact) mass is 426 g/mol. The van der Waals surface area contributed by atoms with E-state index in [1.54, 1.807) is 34.5 Å². The maximum absolute atomic E-state index is 12.7. The largest absolute Gasteiger partial charge is 0.341 e. The quantitative estimate of drug-likeness (QED) is 0.706. The first-order valence-electron chi connectivity index (χ1n) is 8.93. The lowest BCUT2D eigenvalue weighted by atomic mass is 10.2. The van der Waals surface area contributed by atoms with E-state index in [9.17, 15) is 13.2 Å². The Hall–Kier alpha value is -1.41. The van der Waals surface area contributed by atoms with E-state index in [1.165, 1.54) is 11.3 Å². The molecule has 1 aliphatic heterocycles. The van der Waals surface area contributed by atoms with Crippen LogP contribution in [0.4, 0.5) is 0 Å². The minimum atomic E-state index is -3.44. The fraction of sp³-hybridized carbons (Fsp3) is 0.421. The van der Waals surface area contributed by atoms with Gasteiger partial charge in [-0.1, -0.05) is 30.2 Å². The molecule has 2 aromatic rings. The number of carbonyl (C=O) groups is 1. The second kappa shape index (κ2) is 8.73. The molecule has 0 bridgehead atoms. The van der Waals surface area contributed by atoms with Crippen LogP contribution in [0.5, 0.6) is 0 Å². The van der Waals surface area contributed by atoms with Crippen LogP contribution in [0.2, 0.25) is 5.02 Å². The fourth-order valence-corrected chi connectivity index (χ4v) is 6.34. The number of amides is 1. The lowest BCUT2D eigenvalue weighted by molar-refractivity contribution is -0.129. The first-order chi connectivity index (χ1) is 12.9. The topological polar surface area (TPSA) is 57.7 Å². The highest BCUT2D eigenvalue weighted by Gasteiger charge is 2.27. The van der Waals surface area contributed by atoms with Gasteiger partial charge in [-0.05, 0) is 42.7 Å². The highest BCUT2D eigenvalue weighted by molar-refractivity contribution is 7.91. The van der Waals surface area contributed by atoms with E-state index < -0.39 is 10.0 Å². The van der Waals surface area contributed by atoms with Crippen molar-refractivity contribution in [3.05, 3.63) is 51.9 Å². The molecule has 3 rings (SSSR count). The molecule has 2 heterocycles. The van der Waals surface area contributed by atoms with Crippen LogP contribution in [-0.4, -0.2) is 43.7 Å². The number of benzene rings is 1. The van der Waals surface area contributed by atoms with Crippen molar-refractivity contribution in [2.45, 2.75) is 36.4 Å². The van der Waals surface area contributed by atoms with Gasteiger partial charge in [-0.2, -0.15) is 4.31 Å². The fourth-order valence-electron chi connectivity index (χ4n) is 3.11. The number of halogens is 1. The number of thiophene rings is 1. The standard InChI is InChI=1S/C19H23ClN2O3S2/c1-21(14-15-6-5-7-16(20)12-15)18(23)13-17-8-9-19(26-17)27(24,25)22-10-3-2-4-11-22/h5-9,12H,2-4,10-11,13-14H2,1H3. The van der Waals surface area contributed by atoms with Gasteiger partial charge in [-0.3, -0.25) is 4.79 Å². The Morgan fingerprint density at radius 2 is 1.93 bits per heavy atom. The molecular formula is C19H23ClN2O3S2. The third-order valence-electron chi connectivity index (χ3n) is 4.61. The molecule has 146 valence electrons. The lowest BCUT2D eigenvalue weighted by Gasteiger charge is -2.25. The highest BCUT2D eigenvalue weighted by Crippen LogP contribution is 2.27. The summed E-state index contributed by atoms with van der Waals surface area (Å²) in [6, 6.07) is 10.8. The van der Waals surface area contributed by atoms with E-state index >= 15 is 0 Å². The molecule has 0 atom stereocenters. The van der Waals surface area contributed by atoms with Gasteiger partial charge in [0.1, 0.15) is 4.21 Å². The number of rotatable bonds is 6. The third-order valence-corrected chi connectivity index (χ3v) is 8.29. The zero-order chi connectivity index (χ0) is 19.4. The summed E-state index contributed by atoms with van der Waals surface area (Å²) in [5.74, 6) is -0.0567. The SMILES string of the molecule is CN(Cc1cccc(Cl)c1)C(=O)Cc1ccc(S(=O)(=O)N2CCCCC2)s1. The molecular weight excluding hydrogens is 404 g/mol. The van der Waals surface area contributed by atoms with Crippen LogP contribution in [0, 0.1) is 0 Å². The number of hydrogen-bond acceptors (Lipinski definition) is 4. The molecule has 0 N–H and O–H groups in total. The van der Waals surface area contributed by atoms with Crippen molar-refractivity contribution in [1.82, 2.24) is 9.21 Å². The number of likely N-dealkylation sites (N-methyl/N-ethyl adjacent to an activating group) is 1. The maximum atomic E-state index is 12.7. The Balaban J connectivity index is 1.63. The summed E-state index contributed by atoms with van der Waals surface area (Å²) in [5.41, 5.74) is 0.956. The average molecular weight is 427 g/mol. The molecule has 1 aromatic carbocycles. The minimum Gasteiger partial charge on any atom is -0.341 e. The predicted molar refractivity (Wildman–Crippen MR) is 109 cm³/mol. The van der Waals surface area contributed by atoms with Gasteiger partial charge in [0.15, 0.2) is 0 Å². The first-order valence-corrected chi connectivity index (χ1v) is 11.6. The summed E-state index contributed by atoms with van der Waals surface area (Å²) in [5, 5.41) is 0.638. The summed E-state index contributed by atoms with van der Waals surface area (Å²) in [6.45, 7) is 1.62. The number of hydrogen-bond donors (Lipinski definition) is 0. The van der Waals surface area contributed by atoms with E-state index in [4.69, 9.17) is 11.6 Å². The molecule has 0 unspecified atom stereocenters. The molecule has 1 amide bonds. The van der Waals surface area contributed by atoms with Crippen LogP contribution < -0.4 is 0 Å². The van der Waals surface area contributed by atoms with Gasteiger partial charge in [0, 0.05) is 36.6 Å². The van der Waals surface area contributed by atoms with E-state index in [-0.39, 0.29) is 12.3 Å². The summed E-state index contributed by atoms with van der Waals surface area (Å²) in [4.78, 5) is 14.9. The second-order valence-corrected chi connectivity index (χ2v) is 10.5. The zero-order valence-electron chi connectivity index (χ0n) is 15.2. The van der Waals surface area contributed by atoms with E-state index in [2.05, 4.69) is 0 Å². The molecule has 8 heteroatoms. The van der Waals surface area contributed by atoms with Crippen LogP contribution >= 0.6 is 22.9 Å². The number of carbonyl (C=O) groups excluding carboxylic acids is 1. The summed E-state index contributed by atoms with van der Waals surface area (Å²) in [6.07, 6.45) is 3.08. The molecule has 1 fully saturated rings. The Morgan fingerprint density at radius 1 is 1.19 bits per heavy atom. The number of nitrogens with zero attached hydrogens (tertiary/aromatic N) is 2. The van der Waals surface area contributed by atoms with Crippen LogP contribution in [0.15, 0.2) is 40.6 Å². The van der Waals surface area contributed by atoms with E-state index in [0.717, 1.165) is 29.7 Å². The van der Waals surface area contributed by atoms with Crippen molar-refractivity contribution < 1.29 is 13.2 Å². The van der Waals surface area contributed by atoms with E-state index in [1.807, 2.05) is 18.2 Å².